The highest BCUT2D eigenvalue weighted by Gasteiger charge is 2.26. The van der Waals surface area contributed by atoms with Gasteiger partial charge in [0.25, 0.3) is 0 Å². The Bertz CT molecular complexity index is 416. The van der Waals surface area contributed by atoms with Crippen molar-refractivity contribution in [3.8, 4) is 0 Å². The van der Waals surface area contributed by atoms with Crippen LogP contribution in [0.25, 0.3) is 0 Å². The number of benzene rings is 1. The van der Waals surface area contributed by atoms with Gasteiger partial charge in [-0.25, -0.2) is 9.18 Å². The summed E-state index contributed by atoms with van der Waals surface area (Å²) in [5, 5.41) is 11.8. The number of hydrogen-bond donors (Lipinski definition) is 2. The van der Waals surface area contributed by atoms with E-state index in [9.17, 15) is 9.18 Å². The van der Waals surface area contributed by atoms with Gasteiger partial charge >= 0.3 is 6.03 Å². The normalized spacial score (nSPS) is 15.5. The zero-order chi connectivity index (χ0) is 13.7. The number of carbonyl (C=O) groups excluding carboxylic acids is 1. The van der Waals surface area contributed by atoms with Crippen LogP contribution in [0, 0.1) is 5.82 Å². The largest absolute Gasteiger partial charge is 0.395 e. The third kappa shape index (κ3) is 3.67. The van der Waals surface area contributed by atoms with Crippen molar-refractivity contribution in [3.63, 3.8) is 0 Å². The summed E-state index contributed by atoms with van der Waals surface area (Å²) in [7, 11) is 0. The van der Waals surface area contributed by atoms with E-state index in [1.165, 1.54) is 24.3 Å². The van der Waals surface area contributed by atoms with E-state index in [1.807, 2.05) is 0 Å². The minimum Gasteiger partial charge on any atom is -0.395 e. The molecule has 4 nitrogen and oxygen atoms in total. The van der Waals surface area contributed by atoms with E-state index in [0.29, 0.717) is 12.2 Å². The summed E-state index contributed by atoms with van der Waals surface area (Å²) in [5.41, 5.74) is 0.562. The van der Waals surface area contributed by atoms with Crippen LogP contribution in [0.3, 0.4) is 0 Å². The molecule has 0 aliphatic heterocycles. The molecular weight excluding hydrogens is 247 g/mol. The van der Waals surface area contributed by atoms with Crippen LogP contribution in [-0.2, 0) is 0 Å². The molecule has 1 aromatic rings. The van der Waals surface area contributed by atoms with Crippen LogP contribution in [0.15, 0.2) is 24.3 Å². The molecule has 0 bridgehead atoms. The number of nitrogens with zero attached hydrogens (tertiary/aromatic N) is 1. The molecule has 1 fully saturated rings. The number of carbonyl (C=O) groups is 1. The SMILES string of the molecule is O=C(Nc1ccc(F)cc1)N(CCO)C1CCCC1. The Morgan fingerprint density at radius 2 is 1.95 bits per heavy atom. The molecule has 0 unspecified atom stereocenters. The molecule has 0 heterocycles. The summed E-state index contributed by atoms with van der Waals surface area (Å²) in [6.45, 7) is 0.283. The lowest BCUT2D eigenvalue weighted by Gasteiger charge is -2.28. The van der Waals surface area contributed by atoms with Crippen LogP contribution in [0.2, 0.25) is 0 Å². The number of aliphatic hydroxyl groups excluding tert-OH is 1. The number of nitrogens with one attached hydrogen (secondary N) is 1. The minimum absolute atomic E-state index is 0.0483. The summed E-state index contributed by atoms with van der Waals surface area (Å²) < 4.78 is 12.8. The van der Waals surface area contributed by atoms with E-state index in [0.717, 1.165) is 25.7 Å². The fraction of sp³-hybridized carbons (Fsp3) is 0.500. The smallest absolute Gasteiger partial charge is 0.322 e. The first kappa shape index (κ1) is 13.8. The van der Waals surface area contributed by atoms with E-state index in [-0.39, 0.29) is 24.5 Å². The van der Waals surface area contributed by atoms with Crippen molar-refractivity contribution >= 4 is 11.7 Å². The first-order valence-corrected chi connectivity index (χ1v) is 6.65. The van der Waals surface area contributed by atoms with Gasteiger partial charge in [0, 0.05) is 18.3 Å². The number of halogens is 1. The average molecular weight is 266 g/mol. The Labute approximate surface area is 112 Å². The molecule has 0 spiro atoms. The van der Waals surface area contributed by atoms with Gasteiger partial charge < -0.3 is 15.3 Å². The number of hydrogen-bond acceptors (Lipinski definition) is 2. The standard InChI is InChI=1S/C14H19FN2O2/c15-11-5-7-12(8-6-11)16-14(19)17(9-10-18)13-3-1-2-4-13/h5-8,13,18H,1-4,9-10H2,(H,16,19). The molecule has 0 radical (unpaired) electrons. The molecule has 0 atom stereocenters. The fourth-order valence-corrected chi connectivity index (χ4v) is 2.50. The zero-order valence-corrected chi connectivity index (χ0v) is 10.8. The fourth-order valence-electron chi connectivity index (χ4n) is 2.50. The Kier molecular flexibility index (Phi) is 4.74. The highest BCUT2D eigenvalue weighted by atomic mass is 19.1. The second kappa shape index (κ2) is 6.52. The van der Waals surface area contributed by atoms with E-state index >= 15 is 0 Å². The number of rotatable bonds is 4. The van der Waals surface area contributed by atoms with E-state index in [2.05, 4.69) is 5.32 Å². The van der Waals surface area contributed by atoms with Gasteiger partial charge in [0.1, 0.15) is 5.82 Å². The van der Waals surface area contributed by atoms with Crippen LogP contribution in [-0.4, -0.2) is 35.2 Å². The molecule has 104 valence electrons. The number of urea groups is 1. The lowest BCUT2D eigenvalue weighted by Crippen LogP contribution is -2.43. The summed E-state index contributed by atoms with van der Waals surface area (Å²) in [4.78, 5) is 13.9. The molecule has 1 aromatic carbocycles. The van der Waals surface area contributed by atoms with Crippen molar-refractivity contribution in [3.05, 3.63) is 30.1 Å². The monoisotopic (exact) mass is 266 g/mol. The van der Waals surface area contributed by atoms with Crippen molar-refractivity contribution in [1.29, 1.82) is 0 Å². The summed E-state index contributed by atoms with van der Waals surface area (Å²) in [5.74, 6) is -0.332. The number of aliphatic hydroxyl groups is 1. The molecule has 1 saturated carbocycles. The maximum atomic E-state index is 12.8. The van der Waals surface area contributed by atoms with Crippen LogP contribution in [0.1, 0.15) is 25.7 Å². The molecule has 1 aliphatic carbocycles. The van der Waals surface area contributed by atoms with Crippen LogP contribution in [0.5, 0.6) is 0 Å². The van der Waals surface area contributed by atoms with Gasteiger partial charge in [-0.05, 0) is 37.1 Å². The summed E-state index contributed by atoms with van der Waals surface area (Å²) in [6.07, 6.45) is 4.21. The van der Waals surface area contributed by atoms with E-state index in [1.54, 1.807) is 4.90 Å². The van der Waals surface area contributed by atoms with Crippen LogP contribution >= 0.6 is 0 Å². The summed E-state index contributed by atoms with van der Waals surface area (Å²) in [6, 6.07) is 5.64. The van der Waals surface area contributed by atoms with Gasteiger partial charge in [-0.15, -0.1) is 0 Å². The highest BCUT2D eigenvalue weighted by Crippen LogP contribution is 2.24. The third-order valence-corrected chi connectivity index (χ3v) is 3.46. The van der Waals surface area contributed by atoms with Gasteiger partial charge in [0.05, 0.1) is 6.61 Å². The number of anilines is 1. The second-order valence-corrected chi connectivity index (χ2v) is 4.79. The second-order valence-electron chi connectivity index (χ2n) is 4.79. The van der Waals surface area contributed by atoms with Crippen molar-refractivity contribution in [2.45, 2.75) is 31.7 Å². The topological polar surface area (TPSA) is 52.6 Å². The lowest BCUT2D eigenvalue weighted by atomic mass is 10.2. The minimum atomic E-state index is -0.332. The van der Waals surface area contributed by atoms with E-state index < -0.39 is 0 Å². The van der Waals surface area contributed by atoms with Crippen LogP contribution < -0.4 is 5.32 Å². The molecule has 1 aliphatic rings. The number of amides is 2. The van der Waals surface area contributed by atoms with Crippen molar-refractivity contribution in [2.75, 3.05) is 18.5 Å². The van der Waals surface area contributed by atoms with Gasteiger partial charge in [0.15, 0.2) is 0 Å². The van der Waals surface area contributed by atoms with Gasteiger partial charge in [-0.1, -0.05) is 12.8 Å². The molecule has 2 amide bonds. The van der Waals surface area contributed by atoms with Crippen LogP contribution in [0.4, 0.5) is 14.9 Å². The zero-order valence-electron chi connectivity index (χ0n) is 10.8. The Morgan fingerprint density at radius 1 is 1.32 bits per heavy atom. The molecule has 2 N–H and O–H groups in total. The Hall–Kier alpha value is -1.62. The predicted octanol–water partition coefficient (Wildman–Crippen LogP) is 2.59. The quantitative estimate of drug-likeness (QED) is 0.880. The molecule has 2 rings (SSSR count). The van der Waals surface area contributed by atoms with Crippen molar-refractivity contribution in [1.82, 2.24) is 4.90 Å². The van der Waals surface area contributed by atoms with Gasteiger partial charge in [-0.3, -0.25) is 0 Å². The molecule has 0 saturated heterocycles. The Morgan fingerprint density at radius 3 is 2.53 bits per heavy atom. The average Bonchev–Trinajstić information content (AvgIpc) is 2.92. The molecule has 5 heteroatoms. The van der Waals surface area contributed by atoms with Crippen molar-refractivity contribution in [2.24, 2.45) is 0 Å². The third-order valence-electron chi connectivity index (χ3n) is 3.46. The van der Waals surface area contributed by atoms with Gasteiger partial charge in [0.2, 0.25) is 0 Å². The van der Waals surface area contributed by atoms with Gasteiger partial charge in [-0.2, -0.15) is 0 Å². The summed E-state index contributed by atoms with van der Waals surface area (Å²) >= 11 is 0. The highest BCUT2D eigenvalue weighted by molar-refractivity contribution is 5.89. The van der Waals surface area contributed by atoms with E-state index in [4.69, 9.17) is 5.11 Å². The first-order valence-electron chi connectivity index (χ1n) is 6.65. The molecular formula is C14H19FN2O2. The lowest BCUT2D eigenvalue weighted by molar-refractivity contribution is 0.163. The maximum absolute atomic E-state index is 12.8. The first-order chi connectivity index (χ1) is 9.20. The van der Waals surface area contributed by atoms with Crippen molar-refractivity contribution < 1.29 is 14.3 Å². The predicted molar refractivity (Wildman–Crippen MR) is 71.5 cm³/mol. The maximum Gasteiger partial charge on any atom is 0.322 e. The molecule has 0 aromatic heterocycles. The molecule has 19 heavy (non-hydrogen) atoms. The Balaban J connectivity index is 2.00.